The molecule has 1 aromatic heterocycles. The molecule has 0 amide bonds. The van der Waals surface area contributed by atoms with Crippen LogP contribution < -0.4 is 0 Å². The Morgan fingerprint density at radius 3 is 2.78 bits per heavy atom. The lowest BCUT2D eigenvalue weighted by atomic mass is 10.1. The molecule has 2 heterocycles. The van der Waals surface area contributed by atoms with E-state index in [2.05, 4.69) is 20.9 Å². The minimum absolute atomic E-state index is 0.0197. The fourth-order valence-electron chi connectivity index (χ4n) is 2.46. The summed E-state index contributed by atoms with van der Waals surface area (Å²) in [5, 5.41) is 0. The highest BCUT2D eigenvalue weighted by molar-refractivity contribution is 9.10. The van der Waals surface area contributed by atoms with Gasteiger partial charge in [0.25, 0.3) is 0 Å². The van der Waals surface area contributed by atoms with Crippen molar-refractivity contribution in [2.75, 3.05) is 0 Å². The monoisotopic (exact) mass is 298 g/mol. The Morgan fingerprint density at radius 2 is 1.89 bits per heavy atom. The Balaban J connectivity index is 2.21. The van der Waals surface area contributed by atoms with Gasteiger partial charge in [-0.2, -0.15) is 0 Å². The second-order valence-electron chi connectivity index (χ2n) is 4.22. The summed E-state index contributed by atoms with van der Waals surface area (Å²) in [7, 11) is 0. The first kappa shape index (κ1) is 10.0. The summed E-state index contributed by atoms with van der Waals surface area (Å²) < 4.78 is 2.75. The fraction of sp³-hybridized carbons (Fsp3) is 0. The maximum atomic E-state index is 12.4. The molecule has 0 unspecified atom stereocenters. The Morgan fingerprint density at radius 1 is 1.06 bits per heavy atom. The summed E-state index contributed by atoms with van der Waals surface area (Å²) in [4.78, 5) is 16.8. The van der Waals surface area contributed by atoms with E-state index in [9.17, 15) is 4.79 Å². The lowest BCUT2D eigenvalue weighted by molar-refractivity contribution is 0.103. The summed E-state index contributed by atoms with van der Waals surface area (Å²) in [6.45, 7) is 0. The van der Waals surface area contributed by atoms with Crippen molar-refractivity contribution >= 4 is 32.7 Å². The topological polar surface area (TPSA) is 34.9 Å². The highest BCUT2D eigenvalue weighted by Gasteiger charge is 2.31. The van der Waals surface area contributed by atoms with Gasteiger partial charge in [-0.1, -0.05) is 18.2 Å². The highest BCUT2D eigenvalue weighted by Crippen LogP contribution is 2.35. The van der Waals surface area contributed by atoms with Crippen molar-refractivity contribution < 1.29 is 4.79 Å². The minimum atomic E-state index is -0.0197. The van der Waals surface area contributed by atoms with Gasteiger partial charge in [-0.05, 0) is 40.2 Å². The van der Waals surface area contributed by atoms with E-state index in [4.69, 9.17) is 0 Å². The van der Waals surface area contributed by atoms with Gasteiger partial charge in [0, 0.05) is 4.47 Å². The van der Waals surface area contributed by atoms with Gasteiger partial charge < -0.3 is 0 Å². The summed E-state index contributed by atoms with van der Waals surface area (Å²) >= 11 is 3.43. The molecule has 3 nitrogen and oxygen atoms in total. The smallest absolute Gasteiger partial charge is 0.232 e. The van der Waals surface area contributed by atoms with E-state index in [1.165, 1.54) is 0 Å². The molecule has 0 bridgehead atoms. The molecule has 4 rings (SSSR count). The molecule has 0 saturated heterocycles. The quantitative estimate of drug-likeness (QED) is 0.499. The molecule has 3 aromatic rings. The summed E-state index contributed by atoms with van der Waals surface area (Å²) in [5.74, 6) is 0.478. The van der Waals surface area contributed by atoms with Crippen LogP contribution in [0.5, 0.6) is 0 Å². The zero-order valence-electron chi connectivity index (χ0n) is 9.22. The average Bonchev–Trinajstić information content (AvgIpc) is 2.88. The van der Waals surface area contributed by atoms with Gasteiger partial charge in [-0.25, -0.2) is 4.98 Å². The predicted octanol–water partition coefficient (Wildman–Crippen LogP) is 3.33. The van der Waals surface area contributed by atoms with Crippen LogP contribution in [-0.4, -0.2) is 15.3 Å². The van der Waals surface area contributed by atoms with Gasteiger partial charge in [0.2, 0.25) is 5.78 Å². The van der Waals surface area contributed by atoms with E-state index in [-0.39, 0.29) is 5.78 Å². The number of carbonyl (C=O) groups is 1. The third-order valence-electron chi connectivity index (χ3n) is 3.22. The number of hydrogen-bond acceptors (Lipinski definition) is 2. The Kier molecular flexibility index (Phi) is 1.84. The highest BCUT2D eigenvalue weighted by atomic mass is 79.9. The van der Waals surface area contributed by atoms with Crippen molar-refractivity contribution in [1.82, 2.24) is 9.55 Å². The molecular weight excluding hydrogens is 292 g/mol. The van der Waals surface area contributed by atoms with Crippen LogP contribution in [0.15, 0.2) is 46.9 Å². The SMILES string of the molecule is O=C1c2c(Br)cccc2-n2c1nc1ccccc12. The van der Waals surface area contributed by atoms with Gasteiger partial charge >= 0.3 is 0 Å². The van der Waals surface area contributed by atoms with Gasteiger partial charge in [0.1, 0.15) is 0 Å². The fourth-order valence-corrected chi connectivity index (χ4v) is 2.99. The van der Waals surface area contributed by atoms with Gasteiger partial charge in [-0.3, -0.25) is 9.36 Å². The molecule has 0 N–H and O–H groups in total. The number of nitrogens with zero attached hydrogens (tertiary/aromatic N) is 2. The second kappa shape index (κ2) is 3.29. The van der Waals surface area contributed by atoms with Gasteiger partial charge in [0.05, 0.1) is 22.3 Å². The number of aromatic nitrogens is 2. The number of hydrogen-bond donors (Lipinski definition) is 0. The zero-order chi connectivity index (χ0) is 12.3. The normalized spacial score (nSPS) is 12.8. The number of imidazole rings is 1. The predicted molar refractivity (Wildman–Crippen MR) is 72.2 cm³/mol. The molecule has 2 aromatic carbocycles. The van der Waals surface area contributed by atoms with Crippen LogP contribution in [0, 0.1) is 0 Å². The molecule has 1 aliphatic rings. The number of halogens is 1. The Bertz CT molecular complexity index is 820. The van der Waals surface area contributed by atoms with Crippen LogP contribution in [0.3, 0.4) is 0 Å². The van der Waals surface area contributed by atoms with E-state index >= 15 is 0 Å². The molecule has 0 saturated carbocycles. The standard InChI is InChI=1S/C14H7BrN2O/c15-8-4-3-7-11-12(8)13(18)14-16-9-5-1-2-6-10(9)17(11)14/h1-7H. The van der Waals surface area contributed by atoms with E-state index in [0.29, 0.717) is 11.4 Å². The van der Waals surface area contributed by atoms with Crippen molar-refractivity contribution in [1.29, 1.82) is 0 Å². The largest absolute Gasteiger partial charge is 0.289 e. The number of fused-ring (bicyclic) bond motifs is 5. The first-order valence-electron chi connectivity index (χ1n) is 5.58. The van der Waals surface area contributed by atoms with E-state index < -0.39 is 0 Å². The van der Waals surface area contributed by atoms with E-state index in [1.54, 1.807) is 0 Å². The average molecular weight is 299 g/mol. The maximum Gasteiger partial charge on any atom is 0.232 e. The Hall–Kier alpha value is -1.94. The van der Waals surface area contributed by atoms with Crippen molar-refractivity contribution in [2.24, 2.45) is 0 Å². The van der Waals surface area contributed by atoms with Crippen LogP contribution in [-0.2, 0) is 0 Å². The van der Waals surface area contributed by atoms with Gasteiger partial charge in [-0.15, -0.1) is 0 Å². The van der Waals surface area contributed by atoms with Gasteiger partial charge in [0.15, 0.2) is 5.82 Å². The molecular formula is C14H7BrN2O. The lowest BCUT2D eigenvalue weighted by Gasteiger charge is -2.03. The molecule has 0 spiro atoms. The molecule has 1 aliphatic heterocycles. The Labute approximate surface area is 111 Å². The number of carbonyl (C=O) groups excluding carboxylic acids is 1. The minimum Gasteiger partial charge on any atom is -0.289 e. The van der Waals surface area contributed by atoms with Crippen LogP contribution in [0.1, 0.15) is 16.2 Å². The third kappa shape index (κ3) is 1.08. The van der Waals surface area contributed by atoms with Crippen molar-refractivity contribution in [3.8, 4) is 5.69 Å². The zero-order valence-corrected chi connectivity index (χ0v) is 10.8. The number of benzene rings is 2. The van der Waals surface area contributed by atoms with Crippen molar-refractivity contribution in [3.63, 3.8) is 0 Å². The van der Waals surface area contributed by atoms with Crippen LogP contribution >= 0.6 is 15.9 Å². The molecule has 0 aliphatic carbocycles. The molecule has 0 radical (unpaired) electrons. The molecule has 0 atom stereocenters. The first-order valence-corrected chi connectivity index (χ1v) is 6.38. The summed E-state index contributed by atoms with van der Waals surface area (Å²) in [5.41, 5.74) is 3.42. The van der Waals surface area contributed by atoms with Crippen LogP contribution in [0.2, 0.25) is 0 Å². The van der Waals surface area contributed by atoms with Crippen molar-refractivity contribution in [2.45, 2.75) is 0 Å². The second-order valence-corrected chi connectivity index (χ2v) is 5.08. The number of ketones is 1. The number of rotatable bonds is 0. The van der Waals surface area contributed by atoms with Crippen molar-refractivity contribution in [3.05, 3.63) is 58.3 Å². The molecule has 86 valence electrons. The summed E-state index contributed by atoms with van der Waals surface area (Å²) in [6, 6.07) is 13.5. The molecule has 0 fully saturated rings. The molecule has 18 heavy (non-hydrogen) atoms. The molecule has 4 heteroatoms. The van der Waals surface area contributed by atoms with E-state index in [1.807, 2.05) is 47.0 Å². The van der Waals surface area contributed by atoms with E-state index in [0.717, 1.165) is 21.2 Å². The number of para-hydroxylation sites is 2. The summed E-state index contributed by atoms with van der Waals surface area (Å²) in [6.07, 6.45) is 0. The maximum absolute atomic E-state index is 12.4. The lowest BCUT2D eigenvalue weighted by Crippen LogP contribution is -1.98. The first-order chi connectivity index (χ1) is 8.77. The van der Waals surface area contributed by atoms with Crippen LogP contribution in [0.4, 0.5) is 0 Å². The third-order valence-corrected chi connectivity index (χ3v) is 3.88. The van der Waals surface area contributed by atoms with Crippen LogP contribution in [0.25, 0.3) is 16.7 Å².